The Morgan fingerprint density at radius 2 is 2.20 bits per heavy atom. The van der Waals surface area contributed by atoms with E-state index in [-0.39, 0.29) is 18.0 Å². The van der Waals surface area contributed by atoms with E-state index in [4.69, 9.17) is 4.74 Å². The first-order valence-corrected chi connectivity index (χ1v) is 6.84. The van der Waals surface area contributed by atoms with Crippen molar-refractivity contribution in [1.82, 2.24) is 10.2 Å². The van der Waals surface area contributed by atoms with Crippen LogP contribution in [0.4, 0.5) is 9.18 Å². The molecule has 5 heteroatoms. The van der Waals surface area contributed by atoms with Gasteiger partial charge in [0.1, 0.15) is 5.82 Å². The Hall–Kier alpha value is -1.62. The van der Waals surface area contributed by atoms with Crippen molar-refractivity contribution in [2.24, 2.45) is 0 Å². The maximum absolute atomic E-state index is 13.0. The summed E-state index contributed by atoms with van der Waals surface area (Å²) in [6.45, 7) is 5.54. The first kappa shape index (κ1) is 16.4. The third-order valence-corrected chi connectivity index (χ3v) is 2.70. The van der Waals surface area contributed by atoms with Crippen LogP contribution in [0.1, 0.15) is 25.8 Å². The van der Waals surface area contributed by atoms with Gasteiger partial charge in [0.2, 0.25) is 0 Å². The third-order valence-electron chi connectivity index (χ3n) is 2.70. The molecule has 0 saturated heterocycles. The van der Waals surface area contributed by atoms with E-state index in [0.717, 1.165) is 12.0 Å². The minimum Gasteiger partial charge on any atom is -0.379 e. The molecule has 1 N–H and O–H groups in total. The SMILES string of the molecule is CC(C)OCCCNC(=O)N(C)Cc1cccc(F)c1. The third kappa shape index (κ3) is 6.52. The van der Waals surface area contributed by atoms with Gasteiger partial charge in [-0.25, -0.2) is 9.18 Å². The molecule has 0 saturated carbocycles. The van der Waals surface area contributed by atoms with E-state index in [2.05, 4.69) is 5.32 Å². The van der Waals surface area contributed by atoms with Gasteiger partial charge in [-0.2, -0.15) is 0 Å². The summed E-state index contributed by atoms with van der Waals surface area (Å²) < 4.78 is 18.4. The zero-order valence-corrected chi connectivity index (χ0v) is 12.4. The fourth-order valence-corrected chi connectivity index (χ4v) is 1.70. The maximum atomic E-state index is 13.0. The molecule has 0 heterocycles. The zero-order chi connectivity index (χ0) is 15.0. The molecule has 0 unspecified atom stereocenters. The second-order valence-corrected chi connectivity index (χ2v) is 4.99. The number of nitrogens with one attached hydrogen (secondary N) is 1. The number of carbonyl (C=O) groups is 1. The predicted octanol–water partition coefficient (Wildman–Crippen LogP) is 2.78. The first-order chi connectivity index (χ1) is 9.49. The van der Waals surface area contributed by atoms with Gasteiger partial charge in [0.25, 0.3) is 0 Å². The highest BCUT2D eigenvalue weighted by Crippen LogP contribution is 2.06. The van der Waals surface area contributed by atoms with Gasteiger partial charge in [-0.3, -0.25) is 0 Å². The molecule has 0 fully saturated rings. The molecule has 1 rings (SSSR count). The lowest BCUT2D eigenvalue weighted by Crippen LogP contribution is -2.37. The van der Waals surface area contributed by atoms with Crippen molar-refractivity contribution >= 4 is 6.03 Å². The van der Waals surface area contributed by atoms with Gasteiger partial charge >= 0.3 is 6.03 Å². The molecule has 1 aromatic rings. The molecule has 0 spiro atoms. The predicted molar refractivity (Wildman–Crippen MR) is 77.0 cm³/mol. The molecule has 2 amide bonds. The number of hydrogen-bond donors (Lipinski definition) is 1. The number of carbonyl (C=O) groups excluding carboxylic acids is 1. The van der Waals surface area contributed by atoms with Crippen LogP contribution >= 0.6 is 0 Å². The van der Waals surface area contributed by atoms with Crippen LogP contribution in [-0.2, 0) is 11.3 Å². The minimum absolute atomic E-state index is 0.168. The fraction of sp³-hybridized carbons (Fsp3) is 0.533. The monoisotopic (exact) mass is 282 g/mol. The Balaban J connectivity index is 2.25. The van der Waals surface area contributed by atoms with Gasteiger partial charge in [-0.15, -0.1) is 0 Å². The molecule has 112 valence electrons. The highest BCUT2D eigenvalue weighted by Gasteiger charge is 2.08. The summed E-state index contributed by atoms with van der Waals surface area (Å²) in [6, 6.07) is 6.08. The second-order valence-electron chi connectivity index (χ2n) is 4.99. The molecule has 0 aliphatic carbocycles. The summed E-state index contributed by atoms with van der Waals surface area (Å²) in [7, 11) is 1.69. The second kappa shape index (κ2) is 8.53. The standard InChI is InChI=1S/C15H23FN2O2/c1-12(2)20-9-5-8-17-15(19)18(3)11-13-6-4-7-14(16)10-13/h4,6-7,10,12H,5,8-9,11H2,1-3H3,(H,17,19). The number of urea groups is 1. The van der Waals surface area contributed by atoms with E-state index in [0.29, 0.717) is 19.7 Å². The summed E-state index contributed by atoms with van der Waals surface area (Å²) in [6.07, 6.45) is 0.985. The van der Waals surface area contributed by atoms with Crippen LogP contribution < -0.4 is 5.32 Å². The Morgan fingerprint density at radius 1 is 1.45 bits per heavy atom. The van der Waals surface area contributed by atoms with Gasteiger partial charge in [-0.1, -0.05) is 12.1 Å². The van der Waals surface area contributed by atoms with Crippen molar-refractivity contribution in [2.45, 2.75) is 32.9 Å². The van der Waals surface area contributed by atoms with Crippen LogP contribution in [0.5, 0.6) is 0 Å². The molecule has 0 atom stereocenters. The van der Waals surface area contributed by atoms with Gasteiger partial charge in [-0.05, 0) is 38.0 Å². The summed E-state index contributed by atoms with van der Waals surface area (Å²) in [5.41, 5.74) is 0.769. The van der Waals surface area contributed by atoms with Gasteiger partial charge in [0.15, 0.2) is 0 Å². The summed E-state index contributed by atoms with van der Waals surface area (Å²) in [5, 5.41) is 2.80. The summed E-state index contributed by atoms with van der Waals surface area (Å²) in [5.74, 6) is -0.290. The van der Waals surface area contributed by atoms with Crippen molar-refractivity contribution in [3.63, 3.8) is 0 Å². The minimum atomic E-state index is -0.290. The Bertz CT molecular complexity index is 424. The van der Waals surface area contributed by atoms with Crippen LogP contribution in [0.2, 0.25) is 0 Å². The molecule has 0 bridgehead atoms. The van der Waals surface area contributed by atoms with Crippen molar-refractivity contribution in [2.75, 3.05) is 20.2 Å². The van der Waals surface area contributed by atoms with Gasteiger partial charge in [0.05, 0.1) is 6.10 Å². The van der Waals surface area contributed by atoms with E-state index in [1.807, 2.05) is 13.8 Å². The zero-order valence-electron chi connectivity index (χ0n) is 12.4. The summed E-state index contributed by atoms with van der Waals surface area (Å²) in [4.78, 5) is 13.3. The normalized spacial score (nSPS) is 10.7. The largest absolute Gasteiger partial charge is 0.379 e. The lowest BCUT2D eigenvalue weighted by molar-refractivity contribution is 0.0772. The van der Waals surface area contributed by atoms with E-state index in [9.17, 15) is 9.18 Å². The Morgan fingerprint density at radius 3 is 2.85 bits per heavy atom. The van der Waals surface area contributed by atoms with Crippen molar-refractivity contribution in [3.05, 3.63) is 35.6 Å². The molecular formula is C15H23FN2O2. The van der Waals surface area contributed by atoms with Gasteiger partial charge in [0, 0.05) is 26.7 Å². The quantitative estimate of drug-likeness (QED) is 0.781. The molecule has 0 radical (unpaired) electrons. The average molecular weight is 282 g/mol. The maximum Gasteiger partial charge on any atom is 0.317 e. The molecule has 0 aliphatic rings. The lowest BCUT2D eigenvalue weighted by Gasteiger charge is -2.18. The molecule has 1 aromatic carbocycles. The fourth-order valence-electron chi connectivity index (χ4n) is 1.70. The average Bonchev–Trinajstić information content (AvgIpc) is 2.37. The lowest BCUT2D eigenvalue weighted by atomic mass is 10.2. The molecular weight excluding hydrogens is 259 g/mol. The molecule has 0 aromatic heterocycles. The van der Waals surface area contributed by atoms with E-state index >= 15 is 0 Å². The van der Waals surface area contributed by atoms with Crippen LogP contribution in [0, 0.1) is 5.82 Å². The number of nitrogens with zero attached hydrogens (tertiary/aromatic N) is 1. The number of hydrogen-bond acceptors (Lipinski definition) is 2. The van der Waals surface area contributed by atoms with Crippen LogP contribution in [0.15, 0.2) is 24.3 Å². The molecule has 4 nitrogen and oxygen atoms in total. The number of ether oxygens (including phenoxy) is 1. The van der Waals surface area contributed by atoms with E-state index in [1.165, 1.54) is 17.0 Å². The Labute approximate surface area is 119 Å². The number of halogens is 1. The highest BCUT2D eigenvalue weighted by molar-refractivity contribution is 5.73. The highest BCUT2D eigenvalue weighted by atomic mass is 19.1. The smallest absolute Gasteiger partial charge is 0.317 e. The van der Waals surface area contributed by atoms with Gasteiger partial charge < -0.3 is 15.0 Å². The van der Waals surface area contributed by atoms with Crippen molar-refractivity contribution in [1.29, 1.82) is 0 Å². The first-order valence-electron chi connectivity index (χ1n) is 6.84. The number of rotatable bonds is 7. The van der Waals surface area contributed by atoms with E-state index in [1.54, 1.807) is 19.2 Å². The Kier molecular flexibility index (Phi) is 7.01. The molecule has 0 aliphatic heterocycles. The van der Waals surface area contributed by atoms with E-state index < -0.39 is 0 Å². The number of amides is 2. The molecule has 20 heavy (non-hydrogen) atoms. The topological polar surface area (TPSA) is 41.6 Å². The van der Waals surface area contributed by atoms with Crippen LogP contribution in [0.3, 0.4) is 0 Å². The number of benzene rings is 1. The van der Waals surface area contributed by atoms with Crippen LogP contribution in [0.25, 0.3) is 0 Å². The van der Waals surface area contributed by atoms with Crippen molar-refractivity contribution < 1.29 is 13.9 Å². The van der Waals surface area contributed by atoms with Crippen LogP contribution in [-0.4, -0.2) is 37.2 Å². The summed E-state index contributed by atoms with van der Waals surface area (Å²) >= 11 is 0. The van der Waals surface area contributed by atoms with Crippen molar-refractivity contribution in [3.8, 4) is 0 Å².